The van der Waals surface area contributed by atoms with Gasteiger partial charge in [0.05, 0.1) is 6.61 Å². The summed E-state index contributed by atoms with van der Waals surface area (Å²) in [6.07, 6.45) is 22.7. The standard InChI is InChI=1S/C27H46N2O/c1-3-4-5-6-7-8-9-10-11-12-13-14-15-16-21-30-25-17-18-27-26(22-25)24(23-29-27)19-20-28-2/h17-18,22-23,28-29H,3-16,19-21H2,1-2H3. The van der Waals surface area contributed by atoms with E-state index in [1.807, 2.05) is 7.05 Å². The van der Waals surface area contributed by atoms with Gasteiger partial charge in [-0.05, 0) is 50.2 Å². The molecule has 1 heterocycles. The van der Waals surface area contributed by atoms with E-state index in [-0.39, 0.29) is 0 Å². The lowest BCUT2D eigenvalue weighted by molar-refractivity contribution is 0.304. The Kier molecular flexibility index (Phi) is 13.4. The van der Waals surface area contributed by atoms with Gasteiger partial charge in [-0.3, -0.25) is 0 Å². The summed E-state index contributed by atoms with van der Waals surface area (Å²) < 4.78 is 6.02. The Hall–Kier alpha value is -1.48. The van der Waals surface area contributed by atoms with Gasteiger partial charge in [-0.1, -0.05) is 90.4 Å². The van der Waals surface area contributed by atoms with Crippen LogP contribution in [0.15, 0.2) is 24.4 Å². The molecule has 2 aromatic rings. The van der Waals surface area contributed by atoms with E-state index in [2.05, 4.69) is 41.6 Å². The number of H-pyrrole nitrogens is 1. The highest BCUT2D eigenvalue weighted by molar-refractivity contribution is 5.84. The van der Waals surface area contributed by atoms with Gasteiger partial charge in [0, 0.05) is 17.1 Å². The van der Waals surface area contributed by atoms with Crippen LogP contribution in [0.1, 0.15) is 102 Å². The Morgan fingerprint density at radius 3 is 2.00 bits per heavy atom. The molecular weight excluding hydrogens is 368 g/mol. The summed E-state index contributed by atoms with van der Waals surface area (Å²) in [5.41, 5.74) is 2.56. The summed E-state index contributed by atoms with van der Waals surface area (Å²) in [6.45, 7) is 4.12. The lowest BCUT2D eigenvalue weighted by Gasteiger charge is -2.07. The fourth-order valence-corrected chi connectivity index (χ4v) is 4.20. The van der Waals surface area contributed by atoms with E-state index in [1.54, 1.807) is 0 Å². The molecule has 0 aliphatic rings. The second kappa shape index (κ2) is 16.2. The zero-order chi connectivity index (χ0) is 21.3. The summed E-state index contributed by atoms with van der Waals surface area (Å²) in [5, 5.41) is 4.52. The van der Waals surface area contributed by atoms with Crippen molar-refractivity contribution in [2.24, 2.45) is 0 Å². The highest BCUT2D eigenvalue weighted by Crippen LogP contribution is 2.24. The number of aromatic amines is 1. The summed E-state index contributed by atoms with van der Waals surface area (Å²) in [5.74, 6) is 1.00. The highest BCUT2D eigenvalue weighted by Gasteiger charge is 2.05. The number of aromatic nitrogens is 1. The number of likely N-dealkylation sites (N-methyl/N-ethyl adjacent to an activating group) is 1. The van der Waals surface area contributed by atoms with E-state index in [1.165, 1.54) is 99.9 Å². The van der Waals surface area contributed by atoms with Crippen LogP contribution in [0.4, 0.5) is 0 Å². The maximum absolute atomic E-state index is 6.02. The molecule has 1 aromatic carbocycles. The van der Waals surface area contributed by atoms with Crippen LogP contribution in [-0.4, -0.2) is 25.2 Å². The predicted octanol–water partition coefficient (Wildman–Crippen LogP) is 7.79. The van der Waals surface area contributed by atoms with Crippen molar-refractivity contribution in [3.05, 3.63) is 30.0 Å². The van der Waals surface area contributed by atoms with Crippen LogP contribution in [0.3, 0.4) is 0 Å². The van der Waals surface area contributed by atoms with E-state index >= 15 is 0 Å². The third-order valence-corrected chi connectivity index (χ3v) is 6.15. The first-order chi connectivity index (χ1) is 14.8. The lowest BCUT2D eigenvalue weighted by Crippen LogP contribution is -2.09. The minimum Gasteiger partial charge on any atom is -0.494 e. The third kappa shape index (κ3) is 10.0. The summed E-state index contributed by atoms with van der Waals surface area (Å²) in [6, 6.07) is 6.42. The van der Waals surface area contributed by atoms with Crippen molar-refractivity contribution < 1.29 is 4.74 Å². The molecule has 2 N–H and O–H groups in total. The molecule has 0 fully saturated rings. The maximum Gasteiger partial charge on any atom is 0.120 e. The van der Waals surface area contributed by atoms with E-state index in [0.29, 0.717) is 0 Å². The molecule has 0 spiro atoms. The number of ether oxygens (including phenoxy) is 1. The molecule has 0 atom stereocenters. The van der Waals surface area contributed by atoms with Crippen molar-refractivity contribution in [3.63, 3.8) is 0 Å². The number of nitrogens with one attached hydrogen (secondary N) is 2. The van der Waals surface area contributed by atoms with Crippen LogP contribution in [0.25, 0.3) is 10.9 Å². The van der Waals surface area contributed by atoms with Crippen LogP contribution in [0, 0.1) is 0 Å². The van der Waals surface area contributed by atoms with Crippen LogP contribution < -0.4 is 10.1 Å². The second-order valence-electron chi connectivity index (χ2n) is 8.82. The van der Waals surface area contributed by atoms with Gasteiger partial charge < -0.3 is 15.0 Å². The van der Waals surface area contributed by atoms with Gasteiger partial charge in [0.2, 0.25) is 0 Å². The van der Waals surface area contributed by atoms with E-state index in [9.17, 15) is 0 Å². The zero-order valence-electron chi connectivity index (χ0n) is 19.7. The zero-order valence-corrected chi connectivity index (χ0v) is 19.7. The first kappa shape index (κ1) is 24.8. The van der Waals surface area contributed by atoms with E-state index in [4.69, 9.17) is 4.74 Å². The molecule has 30 heavy (non-hydrogen) atoms. The number of fused-ring (bicyclic) bond motifs is 1. The molecule has 0 unspecified atom stereocenters. The van der Waals surface area contributed by atoms with Crippen LogP contribution in [0.2, 0.25) is 0 Å². The van der Waals surface area contributed by atoms with Crippen molar-refractivity contribution in [2.75, 3.05) is 20.2 Å². The van der Waals surface area contributed by atoms with Crippen molar-refractivity contribution in [1.82, 2.24) is 10.3 Å². The topological polar surface area (TPSA) is 37.0 Å². The molecular formula is C27H46N2O. The fourth-order valence-electron chi connectivity index (χ4n) is 4.20. The smallest absolute Gasteiger partial charge is 0.120 e. The third-order valence-electron chi connectivity index (χ3n) is 6.15. The molecule has 2 rings (SSSR count). The Bertz CT molecular complexity index is 664. The van der Waals surface area contributed by atoms with Crippen LogP contribution >= 0.6 is 0 Å². The molecule has 1 aromatic heterocycles. The SMILES string of the molecule is CCCCCCCCCCCCCCCCOc1ccc2[nH]cc(CCNC)c2c1. The monoisotopic (exact) mass is 414 g/mol. The largest absolute Gasteiger partial charge is 0.494 e. The highest BCUT2D eigenvalue weighted by atomic mass is 16.5. The quantitative estimate of drug-likeness (QED) is 0.230. The normalized spacial score (nSPS) is 11.4. The molecule has 0 radical (unpaired) electrons. The van der Waals surface area contributed by atoms with Gasteiger partial charge in [-0.15, -0.1) is 0 Å². The first-order valence-corrected chi connectivity index (χ1v) is 12.7. The summed E-state index contributed by atoms with van der Waals surface area (Å²) >= 11 is 0. The first-order valence-electron chi connectivity index (χ1n) is 12.7. The Morgan fingerprint density at radius 2 is 1.40 bits per heavy atom. The molecule has 0 saturated heterocycles. The minimum atomic E-state index is 0.833. The van der Waals surface area contributed by atoms with Crippen LogP contribution in [-0.2, 0) is 6.42 Å². The Labute approximate surface area is 185 Å². The van der Waals surface area contributed by atoms with Crippen molar-refractivity contribution in [1.29, 1.82) is 0 Å². The summed E-state index contributed by atoms with van der Waals surface area (Å²) in [7, 11) is 2.00. The molecule has 3 nitrogen and oxygen atoms in total. The molecule has 0 aliphatic carbocycles. The fraction of sp³-hybridized carbons (Fsp3) is 0.704. The lowest BCUT2D eigenvalue weighted by atomic mass is 10.0. The number of unbranched alkanes of at least 4 members (excludes halogenated alkanes) is 13. The second-order valence-corrected chi connectivity index (χ2v) is 8.82. The van der Waals surface area contributed by atoms with Gasteiger partial charge in [0.25, 0.3) is 0 Å². The average Bonchev–Trinajstić information content (AvgIpc) is 3.17. The van der Waals surface area contributed by atoms with E-state index in [0.717, 1.165) is 31.7 Å². The van der Waals surface area contributed by atoms with Crippen molar-refractivity contribution in [2.45, 2.75) is 103 Å². The van der Waals surface area contributed by atoms with Gasteiger partial charge in [-0.2, -0.15) is 0 Å². The van der Waals surface area contributed by atoms with Crippen molar-refractivity contribution >= 4 is 10.9 Å². The Balaban J connectivity index is 1.45. The van der Waals surface area contributed by atoms with Crippen LogP contribution in [0.5, 0.6) is 5.75 Å². The number of hydrogen-bond acceptors (Lipinski definition) is 2. The van der Waals surface area contributed by atoms with Gasteiger partial charge in [0.1, 0.15) is 5.75 Å². The van der Waals surface area contributed by atoms with Gasteiger partial charge in [-0.25, -0.2) is 0 Å². The molecule has 0 aliphatic heterocycles. The number of rotatable bonds is 19. The predicted molar refractivity (Wildman–Crippen MR) is 132 cm³/mol. The average molecular weight is 415 g/mol. The minimum absolute atomic E-state index is 0.833. The molecule has 0 amide bonds. The molecule has 0 saturated carbocycles. The van der Waals surface area contributed by atoms with Gasteiger partial charge >= 0.3 is 0 Å². The van der Waals surface area contributed by atoms with E-state index < -0.39 is 0 Å². The van der Waals surface area contributed by atoms with Gasteiger partial charge in [0.15, 0.2) is 0 Å². The maximum atomic E-state index is 6.02. The van der Waals surface area contributed by atoms with Crippen molar-refractivity contribution in [3.8, 4) is 5.75 Å². The number of benzene rings is 1. The molecule has 170 valence electrons. The molecule has 3 heteroatoms. The summed E-state index contributed by atoms with van der Waals surface area (Å²) in [4.78, 5) is 3.36. The number of hydrogen-bond donors (Lipinski definition) is 2. The molecule has 0 bridgehead atoms. The Morgan fingerprint density at radius 1 is 0.800 bits per heavy atom.